The first-order valence-electron chi connectivity index (χ1n) is 7.19. The molecule has 0 aromatic carbocycles. The summed E-state index contributed by atoms with van der Waals surface area (Å²) in [4.78, 5) is 27.1. The van der Waals surface area contributed by atoms with Gasteiger partial charge >= 0.3 is 6.09 Å². The Bertz CT molecular complexity index is 699. The van der Waals surface area contributed by atoms with Crippen LogP contribution in [0.1, 0.15) is 41.5 Å². The van der Waals surface area contributed by atoms with Gasteiger partial charge in [0.1, 0.15) is 11.2 Å². The third-order valence-corrected chi connectivity index (χ3v) is 2.33. The van der Waals surface area contributed by atoms with Crippen molar-refractivity contribution in [2.24, 2.45) is 0 Å². The van der Waals surface area contributed by atoms with Crippen molar-refractivity contribution in [3.8, 4) is 5.88 Å². The van der Waals surface area contributed by atoms with E-state index < -0.39 is 17.3 Å². The predicted molar refractivity (Wildman–Crippen MR) is 85.1 cm³/mol. The molecule has 3 N–H and O–H groups in total. The molecule has 23 heavy (non-hydrogen) atoms. The fourth-order valence-corrected chi connectivity index (χ4v) is 1.64. The summed E-state index contributed by atoms with van der Waals surface area (Å²) in [6.45, 7) is 11.0. The maximum atomic E-state index is 11.7. The van der Waals surface area contributed by atoms with E-state index in [-0.39, 0.29) is 5.95 Å². The Labute approximate surface area is 134 Å². The Morgan fingerprint density at radius 1 is 1.13 bits per heavy atom. The van der Waals surface area contributed by atoms with E-state index in [4.69, 9.17) is 9.47 Å². The zero-order valence-corrected chi connectivity index (χ0v) is 14.1. The molecule has 1 amide bonds. The van der Waals surface area contributed by atoms with Gasteiger partial charge in [0.25, 0.3) is 0 Å². The zero-order valence-electron chi connectivity index (χ0n) is 14.1. The molecule has 2 heterocycles. The number of amides is 1. The average Bonchev–Trinajstić information content (AvgIpc) is 2.81. The molecule has 0 spiro atoms. The van der Waals surface area contributed by atoms with Gasteiger partial charge in [-0.25, -0.2) is 15.2 Å². The van der Waals surface area contributed by atoms with Crippen LogP contribution in [0.15, 0.2) is 6.33 Å². The number of rotatable bonds is 3. The normalized spacial score (nSPS) is 12.1. The number of imidazole rings is 1. The molecule has 0 bridgehead atoms. The number of aromatic nitrogens is 4. The number of fused-ring (bicyclic) bond motifs is 1. The molecular formula is C14H22N6O3. The lowest BCUT2D eigenvalue weighted by Gasteiger charge is -2.21. The van der Waals surface area contributed by atoms with E-state index in [1.807, 2.05) is 20.8 Å². The summed E-state index contributed by atoms with van der Waals surface area (Å²) >= 11 is 0. The van der Waals surface area contributed by atoms with Gasteiger partial charge in [-0.3, -0.25) is 5.43 Å². The molecule has 0 aliphatic carbocycles. The minimum absolute atomic E-state index is 0.159. The lowest BCUT2D eigenvalue weighted by molar-refractivity contribution is 0.0540. The molecule has 0 atom stereocenters. The summed E-state index contributed by atoms with van der Waals surface area (Å²) in [6.07, 6.45) is 0.865. The van der Waals surface area contributed by atoms with E-state index in [0.29, 0.717) is 17.0 Å². The number of H-pyrrole nitrogens is 1. The molecule has 2 aromatic rings. The Morgan fingerprint density at radius 3 is 2.43 bits per heavy atom. The van der Waals surface area contributed by atoms with E-state index >= 15 is 0 Å². The highest BCUT2D eigenvalue weighted by molar-refractivity contribution is 5.77. The van der Waals surface area contributed by atoms with Gasteiger partial charge in [-0.1, -0.05) is 0 Å². The number of ether oxygens (including phenoxy) is 2. The predicted octanol–water partition coefficient (Wildman–Crippen LogP) is 2.38. The first kappa shape index (κ1) is 16.8. The second-order valence-electron chi connectivity index (χ2n) is 6.92. The van der Waals surface area contributed by atoms with Crippen LogP contribution in [0.2, 0.25) is 0 Å². The first-order valence-corrected chi connectivity index (χ1v) is 7.19. The van der Waals surface area contributed by atoms with Crippen LogP contribution in [0.5, 0.6) is 5.88 Å². The molecule has 0 unspecified atom stereocenters. The van der Waals surface area contributed by atoms with Crippen LogP contribution >= 0.6 is 0 Å². The van der Waals surface area contributed by atoms with Crippen molar-refractivity contribution in [1.29, 1.82) is 0 Å². The van der Waals surface area contributed by atoms with Crippen LogP contribution in [0.4, 0.5) is 10.7 Å². The number of anilines is 1. The van der Waals surface area contributed by atoms with Crippen LogP contribution in [0.25, 0.3) is 11.2 Å². The fraction of sp³-hybridized carbons (Fsp3) is 0.571. The zero-order chi connectivity index (χ0) is 17.3. The number of hydrogen-bond donors (Lipinski definition) is 3. The van der Waals surface area contributed by atoms with Crippen molar-refractivity contribution in [2.75, 3.05) is 5.43 Å². The average molecular weight is 322 g/mol. The second-order valence-corrected chi connectivity index (χ2v) is 6.92. The van der Waals surface area contributed by atoms with E-state index in [1.165, 1.54) is 6.33 Å². The molecule has 126 valence electrons. The van der Waals surface area contributed by atoms with Gasteiger partial charge < -0.3 is 14.5 Å². The number of hydrazine groups is 1. The molecule has 0 saturated heterocycles. The van der Waals surface area contributed by atoms with Crippen LogP contribution in [-0.4, -0.2) is 37.2 Å². The van der Waals surface area contributed by atoms with Crippen molar-refractivity contribution in [1.82, 2.24) is 25.4 Å². The van der Waals surface area contributed by atoms with Gasteiger partial charge in [-0.2, -0.15) is 9.97 Å². The Kier molecular flexibility index (Phi) is 4.31. The largest absolute Gasteiger partial charge is 0.470 e. The Morgan fingerprint density at radius 2 is 1.83 bits per heavy atom. The highest BCUT2D eigenvalue weighted by Gasteiger charge is 2.19. The maximum absolute atomic E-state index is 11.7. The van der Waals surface area contributed by atoms with Crippen LogP contribution in [0, 0.1) is 0 Å². The Balaban J connectivity index is 2.16. The highest BCUT2D eigenvalue weighted by atomic mass is 16.6. The van der Waals surface area contributed by atoms with Gasteiger partial charge in [0.05, 0.1) is 6.33 Å². The third kappa shape index (κ3) is 4.97. The molecule has 0 saturated carbocycles. The van der Waals surface area contributed by atoms with Gasteiger partial charge in [0, 0.05) is 0 Å². The van der Waals surface area contributed by atoms with E-state index in [0.717, 1.165) is 0 Å². The molecule has 2 aromatic heterocycles. The van der Waals surface area contributed by atoms with Gasteiger partial charge in [-0.05, 0) is 41.5 Å². The van der Waals surface area contributed by atoms with Crippen molar-refractivity contribution in [2.45, 2.75) is 52.7 Å². The van der Waals surface area contributed by atoms with Crippen LogP contribution < -0.4 is 15.6 Å². The molecule has 0 fully saturated rings. The number of hydrogen-bond acceptors (Lipinski definition) is 7. The summed E-state index contributed by atoms with van der Waals surface area (Å²) in [5, 5.41) is 0. The van der Waals surface area contributed by atoms with Crippen molar-refractivity contribution < 1.29 is 14.3 Å². The standard InChI is InChI=1S/C14H22N6O3/c1-13(2,3)22-10-8-9(16-7-15-8)17-11(18-10)19-20-12(21)23-14(4,5)6/h7H,1-6H3,(H,20,21)(H2,15,16,17,18,19). The van der Waals surface area contributed by atoms with Crippen molar-refractivity contribution in [3.63, 3.8) is 0 Å². The number of aromatic amines is 1. The quantitative estimate of drug-likeness (QED) is 0.743. The first-order chi connectivity index (χ1) is 10.5. The minimum Gasteiger partial charge on any atom is -0.470 e. The lowest BCUT2D eigenvalue weighted by Crippen LogP contribution is -2.36. The summed E-state index contributed by atoms with van der Waals surface area (Å²) in [5.74, 6) is 0.476. The maximum Gasteiger partial charge on any atom is 0.426 e. The van der Waals surface area contributed by atoms with E-state index in [1.54, 1.807) is 20.8 Å². The molecule has 0 aliphatic heterocycles. The summed E-state index contributed by atoms with van der Waals surface area (Å²) in [5.41, 5.74) is 4.94. The molecule has 9 nitrogen and oxygen atoms in total. The van der Waals surface area contributed by atoms with Crippen LogP contribution in [0.3, 0.4) is 0 Å². The van der Waals surface area contributed by atoms with Crippen molar-refractivity contribution in [3.05, 3.63) is 6.33 Å². The monoisotopic (exact) mass is 322 g/mol. The summed E-state index contributed by atoms with van der Waals surface area (Å²) in [6, 6.07) is 0. The van der Waals surface area contributed by atoms with Gasteiger partial charge in [0.15, 0.2) is 11.2 Å². The number of carbonyl (C=O) groups excluding carboxylic acids is 1. The highest BCUT2D eigenvalue weighted by Crippen LogP contribution is 2.24. The molecule has 2 rings (SSSR count). The van der Waals surface area contributed by atoms with E-state index in [9.17, 15) is 4.79 Å². The second kappa shape index (κ2) is 5.90. The Hall–Kier alpha value is -2.58. The molecular weight excluding hydrogens is 300 g/mol. The van der Waals surface area contributed by atoms with Gasteiger partial charge in [-0.15, -0.1) is 0 Å². The smallest absolute Gasteiger partial charge is 0.426 e. The number of nitrogens with one attached hydrogen (secondary N) is 3. The topological polar surface area (TPSA) is 114 Å². The number of nitrogens with zero attached hydrogens (tertiary/aromatic N) is 3. The SMILES string of the molecule is CC(C)(C)OC(=O)NNc1nc(OC(C)(C)C)c2nc[nH]c2n1. The van der Waals surface area contributed by atoms with Gasteiger partial charge in [0.2, 0.25) is 11.8 Å². The van der Waals surface area contributed by atoms with E-state index in [2.05, 4.69) is 30.8 Å². The lowest BCUT2D eigenvalue weighted by atomic mass is 10.2. The molecule has 0 aliphatic rings. The van der Waals surface area contributed by atoms with Crippen molar-refractivity contribution >= 4 is 23.2 Å². The molecule has 0 radical (unpaired) electrons. The summed E-state index contributed by atoms with van der Waals surface area (Å²) < 4.78 is 10.9. The number of carbonyl (C=O) groups is 1. The molecule has 9 heteroatoms. The van der Waals surface area contributed by atoms with Crippen LogP contribution in [-0.2, 0) is 4.74 Å². The minimum atomic E-state index is -0.635. The fourth-order valence-electron chi connectivity index (χ4n) is 1.64. The third-order valence-electron chi connectivity index (χ3n) is 2.33. The summed E-state index contributed by atoms with van der Waals surface area (Å²) in [7, 11) is 0.